The fourth-order valence-electron chi connectivity index (χ4n) is 2.85. The number of rotatable bonds is 5. The van der Waals surface area contributed by atoms with Crippen molar-refractivity contribution >= 4 is 35.1 Å². The number of halogens is 2. The Morgan fingerprint density at radius 3 is 2.10 bits per heavy atom. The van der Waals surface area contributed by atoms with Gasteiger partial charge in [0.15, 0.2) is 0 Å². The summed E-state index contributed by atoms with van der Waals surface area (Å²) in [6.45, 7) is 0. The summed E-state index contributed by atoms with van der Waals surface area (Å²) in [6.07, 6.45) is 3.75. The number of hydrogen-bond acceptors (Lipinski definition) is 3. The van der Waals surface area contributed by atoms with Crippen molar-refractivity contribution in [1.82, 2.24) is 9.78 Å². The SMILES string of the molecule is COc1ccc(-c2nn(-c3ccc(Cl)cc3)cc2C=Nc2ccc(Cl)cc2)cc1. The van der Waals surface area contributed by atoms with Gasteiger partial charge in [-0.1, -0.05) is 23.2 Å². The molecule has 29 heavy (non-hydrogen) atoms. The molecule has 4 aromatic rings. The van der Waals surface area contributed by atoms with Gasteiger partial charge in [-0.3, -0.25) is 4.99 Å². The molecule has 0 fully saturated rings. The smallest absolute Gasteiger partial charge is 0.118 e. The lowest BCUT2D eigenvalue weighted by Gasteiger charge is -2.03. The highest BCUT2D eigenvalue weighted by Crippen LogP contribution is 2.26. The first-order valence-electron chi connectivity index (χ1n) is 8.92. The minimum atomic E-state index is 0.679. The van der Waals surface area contributed by atoms with E-state index >= 15 is 0 Å². The molecule has 0 N–H and O–H groups in total. The molecule has 4 nitrogen and oxygen atoms in total. The molecule has 1 aromatic heterocycles. The molecule has 0 aliphatic rings. The average Bonchev–Trinajstić information content (AvgIpc) is 3.18. The molecule has 0 aliphatic heterocycles. The molecule has 6 heteroatoms. The van der Waals surface area contributed by atoms with Crippen LogP contribution in [0.1, 0.15) is 5.56 Å². The largest absolute Gasteiger partial charge is 0.497 e. The lowest BCUT2D eigenvalue weighted by molar-refractivity contribution is 0.415. The maximum Gasteiger partial charge on any atom is 0.118 e. The molecule has 0 amide bonds. The molecule has 0 saturated carbocycles. The Bertz CT molecular complexity index is 1130. The molecule has 0 aliphatic carbocycles. The molecule has 3 aromatic carbocycles. The van der Waals surface area contributed by atoms with Crippen molar-refractivity contribution in [2.45, 2.75) is 0 Å². The molecular weight excluding hydrogens is 405 g/mol. The highest BCUT2D eigenvalue weighted by Gasteiger charge is 2.11. The number of aromatic nitrogens is 2. The minimum Gasteiger partial charge on any atom is -0.497 e. The van der Waals surface area contributed by atoms with Crippen LogP contribution in [0.3, 0.4) is 0 Å². The van der Waals surface area contributed by atoms with Crippen LogP contribution in [0.5, 0.6) is 5.75 Å². The summed E-state index contributed by atoms with van der Waals surface area (Å²) in [5.74, 6) is 0.794. The maximum absolute atomic E-state index is 6.02. The standard InChI is InChI=1S/C23H17Cl2N3O/c1-29-22-12-2-16(3-13-22)23-17(14-26-20-8-4-18(24)5-9-20)15-28(27-23)21-10-6-19(25)7-11-21/h2-15H,1H3. The second-order valence-electron chi connectivity index (χ2n) is 6.32. The van der Waals surface area contributed by atoms with Gasteiger partial charge < -0.3 is 4.74 Å². The van der Waals surface area contributed by atoms with Crippen molar-refractivity contribution in [3.05, 3.63) is 94.6 Å². The van der Waals surface area contributed by atoms with Crippen molar-refractivity contribution in [2.75, 3.05) is 7.11 Å². The minimum absolute atomic E-state index is 0.679. The van der Waals surface area contributed by atoms with Gasteiger partial charge in [-0.2, -0.15) is 5.10 Å². The number of aliphatic imine (C=N–C) groups is 1. The molecular formula is C23H17Cl2N3O. The van der Waals surface area contributed by atoms with E-state index in [0.717, 1.165) is 33.9 Å². The van der Waals surface area contributed by atoms with Gasteiger partial charge in [0.25, 0.3) is 0 Å². The molecule has 0 bridgehead atoms. The quantitative estimate of drug-likeness (QED) is 0.340. The van der Waals surface area contributed by atoms with Crippen LogP contribution in [0.2, 0.25) is 10.0 Å². The molecule has 0 radical (unpaired) electrons. The number of benzene rings is 3. The normalized spacial score (nSPS) is 11.1. The maximum atomic E-state index is 6.02. The van der Waals surface area contributed by atoms with E-state index in [-0.39, 0.29) is 0 Å². The van der Waals surface area contributed by atoms with Crippen LogP contribution in [-0.2, 0) is 0 Å². The molecule has 0 saturated heterocycles. The van der Waals surface area contributed by atoms with Crippen LogP contribution in [-0.4, -0.2) is 23.1 Å². The van der Waals surface area contributed by atoms with Crippen LogP contribution in [0.25, 0.3) is 16.9 Å². The number of nitrogens with zero attached hydrogens (tertiary/aromatic N) is 3. The fourth-order valence-corrected chi connectivity index (χ4v) is 3.10. The van der Waals surface area contributed by atoms with Gasteiger partial charge in [-0.05, 0) is 72.8 Å². The fraction of sp³-hybridized carbons (Fsp3) is 0.0435. The molecule has 144 valence electrons. The van der Waals surface area contributed by atoms with Crippen LogP contribution >= 0.6 is 23.2 Å². The lowest BCUT2D eigenvalue weighted by atomic mass is 10.1. The Labute approximate surface area is 179 Å². The monoisotopic (exact) mass is 421 g/mol. The van der Waals surface area contributed by atoms with Crippen molar-refractivity contribution < 1.29 is 4.74 Å². The van der Waals surface area contributed by atoms with Gasteiger partial charge in [-0.25, -0.2) is 4.68 Å². The summed E-state index contributed by atoms with van der Waals surface area (Å²) >= 11 is 12.0. The molecule has 0 atom stereocenters. The molecule has 4 rings (SSSR count). The van der Waals surface area contributed by atoms with Gasteiger partial charge in [-0.15, -0.1) is 0 Å². The first kappa shape index (κ1) is 19.2. The Morgan fingerprint density at radius 1 is 0.862 bits per heavy atom. The van der Waals surface area contributed by atoms with Gasteiger partial charge in [0.05, 0.1) is 18.5 Å². The van der Waals surface area contributed by atoms with E-state index in [4.69, 9.17) is 33.0 Å². The van der Waals surface area contributed by atoms with E-state index in [0.29, 0.717) is 10.0 Å². The highest BCUT2D eigenvalue weighted by molar-refractivity contribution is 6.30. The predicted octanol–water partition coefficient (Wildman–Crippen LogP) is 6.61. The third kappa shape index (κ3) is 4.50. The molecule has 0 spiro atoms. The van der Waals surface area contributed by atoms with Gasteiger partial charge >= 0.3 is 0 Å². The van der Waals surface area contributed by atoms with Gasteiger partial charge in [0, 0.05) is 33.6 Å². The van der Waals surface area contributed by atoms with Gasteiger partial charge in [0.2, 0.25) is 0 Å². The van der Waals surface area contributed by atoms with E-state index in [1.54, 1.807) is 7.11 Å². The average molecular weight is 422 g/mol. The predicted molar refractivity (Wildman–Crippen MR) is 119 cm³/mol. The van der Waals surface area contributed by atoms with E-state index in [1.165, 1.54) is 0 Å². The van der Waals surface area contributed by atoms with Crippen molar-refractivity contribution in [1.29, 1.82) is 0 Å². The summed E-state index contributed by atoms with van der Waals surface area (Å²) in [7, 11) is 1.65. The van der Waals surface area contributed by atoms with Gasteiger partial charge in [0.1, 0.15) is 11.4 Å². The third-order valence-electron chi connectivity index (χ3n) is 4.38. The molecule has 1 heterocycles. The van der Waals surface area contributed by atoms with Crippen LogP contribution in [0, 0.1) is 0 Å². The second-order valence-corrected chi connectivity index (χ2v) is 7.19. The van der Waals surface area contributed by atoms with E-state index < -0.39 is 0 Å². The topological polar surface area (TPSA) is 39.4 Å². The Hall–Kier alpha value is -3.08. The Morgan fingerprint density at radius 2 is 1.48 bits per heavy atom. The van der Waals surface area contributed by atoms with Crippen LogP contribution in [0.15, 0.2) is 84.0 Å². The van der Waals surface area contributed by atoms with Crippen molar-refractivity contribution in [3.8, 4) is 22.7 Å². The number of ether oxygens (including phenoxy) is 1. The van der Waals surface area contributed by atoms with Crippen molar-refractivity contribution in [2.24, 2.45) is 4.99 Å². The number of hydrogen-bond donors (Lipinski definition) is 0. The zero-order chi connectivity index (χ0) is 20.2. The zero-order valence-corrected chi connectivity index (χ0v) is 17.1. The summed E-state index contributed by atoms with van der Waals surface area (Å²) in [5.41, 5.74) is 4.40. The van der Waals surface area contributed by atoms with Crippen LogP contribution in [0.4, 0.5) is 5.69 Å². The molecule has 0 unspecified atom stereocenters. The first-order chi connectivity index (χ1) is 14.1. The van der Waals surface area contributed by atoms with Crippen molar-refractivity contribution in [3.63, 3.8) is 0 Å². The van der Waals surface area contributed by atoms with E-state index in [9.17, 15) is 0 Å². The summed E-state index contributed by atoms with van der Waals surface area (Å²) in [6, 6.07) is 22.7. The first-order valence-corrected chi connectivity index (χ1v) is 9.67. The summed E-state index contributed by atoms with van der Waals surface area (Å²) in [4.78, 5) is 4.58. The summed E-state index contributed by atoms with van der Waals surface area (Å²) < 4.78 is 7.08. The Balaban J connectivity index is 1.76. The number of methoxy groups -OCH3 is 1. The van der Waals surface area contributed by atoms with E-state index in [1.807, 2.05) is 89.9 Å². The zero-order valence-electron chi connectivity index (χ0n) is 15.6. The van der Waals surface area contributed by atoms with Crippen LogP contribution < -0.4 is 4.74 Å². The summed E-state index contributed by atoms with van der Waals surface area (Å²) in [5, 5.41) is 6.14. The lowest BCUT2D eigenvalue weighted by Crippen LogP contribution is -1.94. The Kier molecular flexibility index (Phi) is 5.65. The highest BCUT2D eigenvalue weighted by atomic mass is 35.5. The van der Waals surface area contributed by atoms with E-state index in [2.05, 4.69) is 4.99 Å². The third-order valence-corrected chi connectivity index (χ3v) is 4.88. The second kappa shape index (κ2) is 8.52.